The van der Waals surface area contributed by atoms with Gasteiger partial charge < -0.3 is 5.73 Å². The first-order valence-corrected chi connectivity index (χ1v) is 7.18. The van der Waals surface area contributed by atoms with Crippen LogP contribution in [0.5, 0.6) is 0 Å². The highest BCUT2D eigenvalue weighted by atomic mass is 35.5. The molecule has 1 nitrogen and oxygen atoms in total. The zero-order chi connectivity index (χ0) is 13.0. The molecule has 0 aromatic heterocycles. The van der Waals surface area contributed by atoms with Gasteiger partial charge in [0, 0.05) is 20.9 Å². The number of hydrogen-bond acceptors (Lipinski definition) is 2. The quantitative estimate of drug-likeness (QED) is 0.826. The topological polar surface area (TPSA) is 26.0 Å². The fraction of sp³-hybridized carbons (Fsp3) is 0.200. The predicted octanol–water partition coefficient (Wildman–Crippen LogP) is 5.32. The molecule has 0 bridgehead atoms. The van der Waals surface area contributed by atoms with Crippen molar-refractivity contribution in [2.75, 3.05) is 0 Å². The largest absolute Gasteiger partial charge is 0.324 e. The summed E-state index contributed by atoms with van der Waals surface area (Å²) in [6.45, 7) is 2.11. The summed E-state index contributed by atoms with van der Waals surface area (Å²) in [5.41, 5.74) is 7.35. The van der Waals surface area contributed by atoms with Crippen LogP contribution in [0.2, 0.25) is 5.02 Å². The molecule has 2 aromatic carbocycles. The van der Waals surface area contributed by atoms with Crippen LogP contribution < -0.4 is 5.73 Å². The lowest BCUT2D eigenvalue weighted by Gasteiger charge is -2.14. The standard InChI is InChI=1S/C15H16ClNS.ClH/c1-2-14(17)13-5-3-4-6-15(13)18-12-9-7-11(16)8-10-12;/h3-10,14H,2,17H2,1H3;1H/t14-;/m1./s1. The Morgan fingerprint density at radius 1 is 1.11 bits per heavy atom. The Hall–Kier alpha value is -0.670. The first-order valence-electron chi connectivity index (χ1n) is 5.98. The van der Waals surface area contributed by atoms with Crippen molar-refractivity contribution in [1.82, 2.24) is 0 Å². The molecule has 0 heterocycles. The maximum absolute atomic E-state index is 6.14. The second kappa shape index (κ2) is 7.81. The second-order valence-corrected chi connectivity index (χ2v) is 5.66. The molecule has 2 aromatic rings. The van der Waals surface area contributed by atoms with E-state index in [1.165, 1.54) is 15.4 Å². The number of hydrogen-bond donors (Lipinski definition) is 1. The molecule has 4 heteroatoms. The minimum absolute atomic E-state index is 0. The fourth-order valence-electron chi connectivity index (χ4n) is 1.73. The van der Waals surface area contributed by atoms with Crippen LogP contribution in [0.15, 0.2) is 58.3 Å². The Labute approximate surface area is 130 Å². The van der Waals surface area contributed by atoms with Crippen molar-refractivity contribution in [2.45, 2.75) is 29.2 Å². The molecule has 0 aliphatic heterocycles. The third-order valence-electron chi connectivity index (χ3n) is 2.80. The summed E-state index contributed by atoms with van der Waals surface area (Å²) < 4.78 is 0. The third kappa shape index (κ3) is 4.43. The summed E-state index contributed by atoms with van der Waals surface area (Å²) in [7, 11) is 0. The predicted molar refractivity (Wildman–Crippen MR) is 86.5 cm³/mol. The van der Waals surface area contributed by atoms with E-state index in [9.17, 15) is 0 Å². The SMILES string of the molecule is CC[C@@H](N)c1ccccc1Sc1ccc(Cl)cc1.Cl. The van der Waals surface area contributed by atoms with Gasteiger partial charge in [-0.2, -0.15) is 0 Å². The molecule has 19 heavy (non-hydrogen) atoms. The van der Waals surface area contributed by atoms with Gasteiger partial charge in [-0.3, -0.25) is 0 Å². The highest BCUT2D eigenvalue weighted by molar-refractivity contribution is 7.99. The third-order valence-corrected chi connectivity index (χ3v) is 4.15. The molecule has 0 radical (unpaired) electrons. The molecule has 0 saturated heterocycles. The molecule has 102 valence electrons. The highest BCUT2D eigenvalue weighted by Gasteiger charge is 2.09. The van der Waals surface area contributed by atoms with E-state index >= 15 is 0 Å². The van der Waals surface area contributed by atoms with Crippen LogP contribution in [-0.4, -0.2) is 0 Å². The van der Waals surface area contributed by atoms with Crippen LogP contribution in [0, 0.1) is 0 Å². The molecule has 2 rings (SSSR count). The van der Waals surface area contributed by atoms with Crippen LogP contribution in [0.3, 0.4) is 0 Å². The van der Waals surface area contributed by atoms with Gasteiger partial charge in [0.1, 0.15) is 0 Å². The van der Waals surface area contributed by atoms with Crippen molar-refractivity contribution in [3.8, 4) is 0 Å². The Morgan fingerprint density at radius 2 is 1.74 bits per heavy atom. The molecule has 0 aliphatic rings. The van der Waals surface area contributed by atoms with Gasteiger partial charge in [-0.25, -0.2) is 0 Å². The van der Waals surface area contributed by atoms with Crippen molar-refractivity contribution in [3.63, 3.8) is 0 Å². The lowest BCUT2D eigenvalue weighted by molar-refractivity contribution is 0.685. The molecule has 0 aliphatic carbocycles. The van der Waals surface area contributed by atoms with Gasteiger partial charge >= 0.3 is 0 Å². The normalized spacial score (nSPS) is 11.7. The number of rotatable bonds is 4. The second-order valence-electron chi connectivity index (χ2n) is 4.11. The van der Waals surface area contributed by atoms with Gasteiger partial charge in [-0.1, -0.05) is 48.5 Å². The summed E-state index contributed by atoms with van der Waals surface area (Å²) >= 11 is 7.62. The average molecular weight is 314 g/mol. The molecular formula is C15H17Cl2NS. The average Bonchev–Trinajstić information content (AvgIpc) is 2.41. The zero-order valence-electron chi connectivity index (χ0n) is 10.7. The van der Waals surface area contributed by atoms with E-state index in [2.05, 4.69) is 19.1 Å². The summed E-state index contributed by atoms with van der Waals surface area (Å²) in [5, 5.41) is 0.762. The van der Waals surface area contributed by atoms with Crippen molar-refractivity contribution in [3.05, 3.63) is 59.1 Å². The van der Waals surface area contributed by atoms with E-state index in [0.717, 1.165) is 11.4 Å². The minimum atomic E-state index is 0. The molecule has 1 atom stereocenters. The molecular weight excluding hydrogens is 297 g/mol. The fourth-order valence-corrected chi connectivity index (χ4v) is 2.87. The summed E-state index contributed by atoms with van der Waals surface area (Å²) in [6.07, 6.45) is 0.943. The number of nitrogens with two attached hydrogens (primary N) is 1. The molecule has 0 saturated carbocycles. The molecule has 0 amide bonds. The van der Waals surface area contributed by atoms with E-state index in [1.54, 1.807) is 11.8 Å². The smallest absolute Gasteiger partial charge is 0.0406 e. The maximum Gasteiger partial charge on any atom is 0.0406 e. The summed E-state index contributed by atoms with van der Waals surface area (Å²) in [4.78, 5) is 2.39. The first kappa shape index (κ1) is 16.4. The van der Waals surface area contributed by atoms with Crippen LogP contribution in [0.4, 0.5) is 0 Å². The lowest BCUT2D eigenvalue weighted by Crippen LogP contribution is -2.09. The van der Waals surface area contributed by atoms with Gasteiger partial charge in [0.2, 0.25) is 0 Å². The van der Waals surface area contributed by atoms with Crippen LogP contribution in [0.25, 0.3) is 0 Å². The zero-order valence-corrected chi connectivity index (χ0v) is 13.1. The van der Waals surface area contributed by atoms with E-state index in [0.29, 0.717) is 0 Å². The highest BCUT2D eigenvalue weighted by Crippen LogP contribution is 2.33. The number of halogens is 2. The minimum Gasteiger partial charge on any atom is -0.324 e. The first-order chi connectivity index (χ1) is 8.70. The van der Waals surface area contributed by atoms with Crippen LogP contribution in [0.1, 0.15) is 24.9 Å². The van der Waals surface area contributed by atoms with Crippen molar-refractivity contribution < 1.29 is 0 Å². The Bertz CT molecular complexity index is 514. The lowest BCUT2D eigenvalue weighted by atomic mass is 10.1. The van der Waals surface area contributed by atoms with Gasteiger partial charge in [-0.15, -0.1) is 12.4 Å². The van der Waals surface area contributed by atoms with E-state index < -0.39 is 0 Å². The maximum atomic E-state index is 6.14. The van der Waals surface area contributed by atoms with Gasteiger partial charge in [0.05, 0.1) is 0 Å². The summed E-state index contributed by atoms with van der Waals surface area (Å²) in [5.74, 6) is 0. The van der Waals surface area contributed by atoms with Crippen molar-refractivity contribution in [1.29, 1.82) is 0 Å². The molecule has 2 N–H and O–H groups in total. The van der Waals surface area contributed by atoms with Crippen molar-refractivity contribution >= 4 is 35.8 Å². The summed E-state index contributed by atoms with van der Waals surface area (Å²) in [6, 6.07) is 16.3. The monoisotopic (exact) mass is 313 g/mol. The van der Waals surface area contributed by atoms with Crippen LogP contribution in [-0.2, 0) is 0 Å². The van der Waals surface area contributed by atoms with Crippen molar-refractivity contribution in [2.24, 2.45) is 5.73 Å². The molecule has 0 fully saturated rings. The van der Waals surface area contributed by atoms with Gasteiger partial charge in [0.15, 0.2) is 0 Å². The molecule has 0 unspecified atom stereocenters. The Morgan fingerprint density at radius 3 is 2.37 bits per heavy atom. The van der Waals surface area contributed by atoms with E-state index in [-0.39, 0.29) is 18.4 Å². The molecule has 0 spiro atoms. The number of benzene rings is 2. The van der Waals surface area contributed by atoms with E-state index in [4.69, 9.17) is 17.3 Å². The van der Waals surface area contributed by atoms with Gasteiger partial charge in [0.25, 0.3) is 0 Å². The Kier molecular flexibility index (Phi) is 6.73. The van der Waals surface area contributed by atoms with E-state index in [1.807, 2.05) is 36.4 Å². The Balaban J connectivity index is 0.00000180. The van der Waals surface area contributed by atoms with Gasteiger partial charge in [-0.05, 0) is 42.3 Å². The van der Waals surface area contributed by atoms with Crippen LogP contribution >= 0.6 is 35.8 Å².